The minimum absolute atomic E-state index is 0.0406. The van der Waals surface area contributed by atoms with E-state index in [2.05, 4.69) is 5.32 Å². The monoisotopic (exact) mass is 637 g/mol. The molecule has 0 unspecified atom stereocenters. The Labute approximate surface area is 255 Å². The fourth-order valence-corrected chi connectivity index (χ4v) is 6.08. The van der Waals surface area contributed by atoms with Crippen molar-refractivity contribution in [2.24, 2.45) is 0 Å². The van der Waals surface area contributed by atoms with Crippen LogP contribution < -0.4 is 9.62 Å². The highest BCUT2D eigenvalue weighted by Gasteiger charge is 2.37. The Bertz CT molecular complexity index is 1520. The first-order valence-corrected chi connectivity index (χ1v) is 15.6. The number of benzene rings is 3. The van der Waals surface area contributed by atoms with E-state index in [1.54, 1.807) is 25.1 Å². The lowest BCUT2D eigenvalue weighted by Gasteiger charge is -2.34. The van der Waals surface area contributed by atoms with Crippen LogP contribution in [0, 0.1) is 6.92 Å². The highest BCUT2D eigenvalue weighted by Crippen LogP contribution is 2.37. The number of aryl methyl sites for hydroxylation is 1. The summed E-state index contributed by atoms with van der Waals surface area (Å²) in [5.41, 5.74) is 0.00961. The van der Waals surface area contributed by atoms with Crippen molar-refractivity contribution < 1.29 is 31.2 Å². The molecule has 0 saturated carbocycles. The van der Waals surface area contributed by atoms with Crippen molar-refractivity contribution in [3.05, 3.63) is 94.5 Å². The first kappa shape index (κ1) is 33.9. The van der Waals surface area contributed by atoms with E-state index in [4.69, 9.17) is 11.6 Å². The number of halogens is 4. The zero-order valence-electron chi connectivity index (χ0n) is 24.4. The van der Waals surface area contributed by atoms with Gasteiger partial charge in [-0.3, -0.25) is 13.9 Å². The minimum Gasteiger partial charge on any atom is -0.352 e. The fraction of sp³-hybridized carbons (Fsp3) is 0.355. The van der Waals surface area contributed by atoms with E-state index >= 15 is 0 Å². The van der Waals surface area contributed by atoms with Crippen LogP contribution in [0.2, 0.25) is 5.02 Å². The largest absolute Gasteiger partial charge is 0.416 e. The Morgan fingerprint density at radius 3 is 2.14 bits per heavy atom. The third-order valence-corrected chi connectivity index (χ3v) is 9.11. The topological polar surface area (TPSA) is 86.8 Å². The molecule has 43 heavy (non-hydrogen) atoms. The summed E-state index contributed by atoms with van der Waals surface area (Å²) in [6, 6.07) is 15.4. The molecule has 1 N–H and O–H groups in total. The molecule has 0 aliphatic heterocycles. The molecule has 0 radical (unpaired) electrons. The summed E-state index contributed by atoms with van der Waals surface area (Å²) in [6.45, 7) is 6.38. The summed E-state index contributed by atoms with van der Waals surface area (Å²) in [5.74, 6) is -1.22. The third-order valence-electron chi connectivity index (χ3n) is 7.01. The quantitative estimate of drug-likeness (QED) is 0.243. The van der Waals surface area contributed by atoms with E-state index in [1.165, 1.54) is 29.2 Å². The third kappa shape index (κ3) is 8.51. The summed E-state index contributed by atoms with van der Waals surface area (Å²) < 4.78 is 69.4. The molecular weight excluding hydrogens is 603 g/mol. The van der Waals surface area contributed by atoms with Crippen LogP contribution >= 0.6 is 11.6 Å². The van der Waals surface area contributed by atoms with Crippen molar-refractivity contribution in [2.75, 3.05) is 10.8 Å². The molecule has 0 bridgehead atoms. The zero-order valence-corrected chi connectivity index (χ0v) is 25.9. The number of hydrogen-bond donors (Lipinski definition) is 1. The standard InChI is InChI=1S/C31H35ClF3N3O4S/c1-5-22(4)36-30(40)27(6-2)37(19-23-14-12-21(3)13-15-23)29(39)20-38(43(41,42)25-10-8-7-9-11-25)28-18-24(31(33,34)35)16-17-26(28)32/h7-18,22,27H,5-6,19-20H2,1-4H3,(H,36,40)/t22-,27+/m1/s1. The van der Waals surface area contributed by atoms with Gasteiger partial charge in [-0.05, 0) is 62.6 Å². The fourth-order valence-electron chi connectivity index (χ4n) is 4.36. The van der Waals surface area contributed by atoms with Gasteiger partial charge < -0.3 is 10.2 Å². The van der Waals surface area contributed by atoms with E-state index in [1.807, 2.05) is 32.9 Å². The molecule has 232 valence electrons. The molecule has 3 rings (SSSR count). The van der Waals surface area contributed by atoms with E-state index in [0.717, 1.165) is 17.7 Å². The number of sulfonamides is 1. The summed E-state index contributed by atoms with van der Waals surface area (Å²) in [6.07, 6.45) is -3.95. The van der Waals surface area contributed by atoms with Crippen LogP contribution in [-0.4, -0.2) is 43.8 Å². The van der Waals surface area contributed by atoms with Gasteiger partial charge in [-0.1, -0.05) is 73.5 Å². The molecule has 2 atom stereocenters. The van der Waals surface area contributed by atoms with Gasteiger partial charge in [0.2, 0.25) is 11.8 Å². The molecular formula is C31H35ClF3N3O4S. The smallest absolute Gasteiger partial charge is 0.352 e. The van der Waals surface area contributed by atoms with Gasteiger partial charge in [0.1, 0.15) is 12.6 Å². The van der Waals surface area contributed by atoms with Crippen molar-refractivity contribution in [1.29, 1.82) is 0 Å². The number of anilines is 1. The maximum atomic E-state index is 14.1. The zero-order chi connectivity index (χ0) is 31.9. The lowest BCUT2D eigenvalue weighted by atomic mass is 10.1. The van der Waals surface area contributed by atoms with Gasteiger partial charge in [0.05, 0.1) is 21.2 Å². The van der Waals surface area contributed by atoms with Crippen LogP contribution in [0.3, 0.4) is 0 Å². The van der Waals surface area contributed by atoms with E-state index < -0.39 is 51.9 Å². The van der Waals surface area contributed by atoms with Gasteiger partial charge >= 0.3 is 6.18 Å². The van der Waals surface area contributed by atoms with Crippen LogP contribution in [0.15, 0.2) is 77.7 Å². The van der Waals surface area contributed by atoms with Crippen molar-refractivity contribution in [1.82, 2.24) is 10.2 Å². The molecule has 7 nitrogen and oxygen atoms in total. The molecule has 0 saturated heterocycles. The van der Waals surface area contributed by atoms with E-state index in [0.29, 0.717) is 22.4 Å². The molecule has 0 fully saturated rings. The average Bonchev–Trinajstić information content (AvgIpc) is 2.96. The molecule has 0 aromatic heterocycles. The van der Waals surface area contributed by atoms with Crippen molar-refractivity contribution in [2.45, 2.75) is 70.2 Å². The molecule has 0 aliphatic rings. The SMILES string of the molecule is CC[C@@H](C)NC(=O)[C@H](CC)N(Cc1ccc(C)cc1)C(=O)CN(c1cc(C(F)(F)F)ccc1Cl)S(=O)(=O)c1ccccc1. The molecule has 0 heterocycles. The second kappa shape index (κ2) is 14.3. The van der Waals surface area contributed by atoms with E-state index in [9.17, 15) is 31.2 Å². The predicted molar refractivity (Wildman–Crippen MR) is 161 cm³/mol. The number of nitrogens with one attached hydrogen (secondary N) is 1. The van der Waals surface area contributed by atoms with Gasteiger partial charge in [-0.25, -0.2) is 8.42 Å². The lowest BCUT2D eigenvalue weighted by Crippen LogP contribution is -2.53. The normalized spacial score (nSPS) is 13.2. The van der Waals surface area contributed by atoms with Crippen LogP contribution in [0.25, 0.3) is 0 Å². The van der Waals surface area contributed by atoms with Crippen molar-refractivity contribution in [3.63, 3.8) is 0 Å². The number of hydrogen-bond acceptors (Lipinski definition) is 4. The summed E-state index contributed by atoms with van der Waals surface area (Å²) in [5, 5.41) is 2.58. The molecule has 0 aliphatic carbocycles. The van der Waals surface area contributed by atoms with Crippen LogP contribution in [-0.2, 0) is 32.3 Å². The highest BCUT2D eigenvalue weighted by molar-refractivity contribution is 7.92. The van der Waals surface area contributed by atoms with Crippen molar-refractivity contribution >= 4 is 39.1 Å². The van der Waals surface area contributed by atoms with Gasteiger partial charge in [0, 0.05) is 12.6 Å². The van der Waals surface area contributed by atoms with Gasteiger partial charge in [-0.15, -0.1) is 0 Å². The molecule has 3 aromatic rings. The highest BCUT2D eigenvalue weighted by atomic mass is 35.5. The van der Waals surface area contributed by atoms with Gasteiger partial charge in [-0.2, -0.15) is 13.2 Å². The Hall–Kier alpha value is -3.57. The average molecular weight is 638 g/mol. The van der Waals surface area contributed by atoms with Crippen LogP contribution in [0.5, 0.6) is 0 Å². The first-order valence-electron chi connectivity index (χ1n) is 13.8. The molecule has 12 heteroatoms. The van der Waals surface area contributed by atoms with Gasteiger partial charge in [0.15, 0.2) is 0 Å². The van der Waals surface area contributed by atoms with Crippen LogP contribution in [0.1, 0.15) is 50.3 Å². The predicted octanol–water partition coefficient (Wildman–Crippen LogP) is 6.58. The number of alkyl halides is 3. The second-order valence-corrected chi connectivity index (χ2v) is 12.5. The Kier molecular flexibility index (Phi) is 11.3. The summed E-state index contributed by atoms with van der Waals surface area (Å²) in [7, 11) is -4.59. The molecule has 2 amide bonds. The van der Waals surface area contributed by atoms with Crippen LogP contribution in [0.4, 0.5) is 18.9 Å². The second-order valence-electron chi connectivity index (χ2n) is 10.2. The molecule has 3 aromatic carbocycles. The number of nitrogens with zero attached hydrogens (tertiary/aromatic N) is 2. The maximum absolute atomic E-state index is 14.1. The minimum atomic E-state index is -4.80. The number of carbonyl (C=O) groups is 2. The lowest BCUT2D eigenvalue weighted by molar-refractivity contribution is -0.140. The maximum Gasteiger partial charge on any atom is 0.416 e. The number of amides is 2. The van der Waals surface area contributed by atoms with E-state index in [-0.39, 0.29) is 28.9 Å². The Morgan fingerprint density at radius 2 is 1.58 bits per heavy atom. The Balaban J connectivity index is 2.15. The van der Waals surface area contributed by atoms with Crippen molar-refractivity contribution in [3.8, 4) is 0 Å². The van der Waals surface area contributed by atoms with Gasteiger partial charge in [0.25, 0.3) is 10.0 Å². The summed E-state index contributed by atoms with van der Waals surface area (Å²) >= 11 is 6.29. The first-order chi connectivity index (χ1) is 20.2. The number of carbonyl (C=O) groups excluding carboxylic acids is 2. The summed E-state index contributed by atoms with van der Waals surface area (Å²) in [4.78, 5) is 28.5. The molecule has 0 spiro atoms. The number of rotatable bonds is 12. The Morgan fingerprint density at radius 1 is 0.953 bits per heavy atom.